The average Bonchev–Trinajstić information content (AvgIpc) is 3.42. The summed E-state index contributed by atoms with van der Waals surface area (Å²) in [7, 11) is 0. The van der Waals surface area contributed by atoms with E-state index in [2.05, 4.69) is 114 Å². The van der Waals surface area contributed by atoms with Crippen molar-refractivity contribution in [3.63, 3.8) is 0 Å². The zero-order valence-corrected chi connectivity index (χ0v) is 22.0. The fraction of sp³-hybridized carbons (Fsp3) is 0. The number of benzene rings is 5. The summed E-state index contributed by atoms with van der Waals surface area (Å²) in [6.45, 7) is 0. The Morgan fingerprint density at radius 3 is 1.98 bits per heavy atom. The van der Waals surface area contributed by atoms with Crippen LogP contribution in [0.4, 0.5) is 0 Å². The SMILES string of the molecule is c1ccc2c(c1)-c1ccccc1-c1c(cccc1-c1cccc3c1oc1ccccc13)-c1cc3cccnc3nc1-2. The lowest BCUT2D eigenvalue weighted by molar-refractivity contribution is 0.670. The minimum absolute atomic E-state index is 0.750. The number of hydrogen-bond donors (Lipinski definition) is 0. The van der Waals surface area contributed by atoms with Crippen LogP contribution < -0.4 is 0 Å². The topological polar surface area (TPSA) is 38.9 Å². The lowest BCUT2D eigenvalue weighted by Crippen LogP contribution is -2.01. The highest BCUT2D eigenvalue weighted by atomic mass is 16.3. The first kappa shape index (κ1) is 22.3. The Balaban J connectivity index is 1.46. The summed E-state index contributed by atoms with van der Waals surface area (Å²) in [4.78, 5) is 9.80. The molecule has 3 heterocycles. The summed E-state index contributed by atoms with van der Waals surface area (Å²) < 4.78 is 6.54. The Bertz CT molecular complexity index is 2330. The van der Waals surface area contributed by atoms with Crippen LogP contribution in [0.3, 0.4) is 0 Å². The van der Waals surface area contributed by atoms with Crippen molar-refractivity contribution in [2.75, 3.05) is 0 Å². The maximum atomic E-state index is 6.54. The van der Waals surface area contributed by atoms with Crippen LogP contribution >= 0.6 is 0 Å². The molecule has 9 rings (SSSR count). The van der Waals surface area contributed by atoms with Gasteiger partial charge in [-0.2, -0.15) is 0 Å². The van der Waals surface area contributed by atoms with E-state index in [0.29, 0.717) is 0 Å². The van der Waals surface area contributed by atoms with Crippen LogP contribution in [0.1, 0.15) is 0 Å². The zero-order valence-electron chi connectivity index (χ0n) is 22.0. The zero-order chi connectivity index (χ0) is 26.9. The van der Waals surface area contributed by atoms with Crippen molar-refractivity contribution in [2.45, 2.75) is 0 Å². The summed E-state index contributed by atoms with van der Waals surface area (Å²) in [6.07, 6.45) is 1.81. The van der Waals surface area contributed by atoms with E-state index in [0.717, 1.165) is 72.0 Å². The molecule has 190 valence electrons. The van der Waals surface area contributed by atoms with Crippen LogP contribution in [0.25, 0.3) is 88.7 Å². The molecule has 0 amide bonds. The highest BCUT2D eigenvalue weighted by Crippen LogP contribution is 2.51. The number of rotatable bonds is 1. The highest BCUT2D eigenvalue weighted by Gasteiger charge is 2.26. The molecule has 1 aliphatic carbocycles. The van der Waals surface area contributed by atoms with E-state index in [9.17, 15) is 0 Å². The summed E-state index contributed by atoms with van der Waals surface area (Å²) in [6, 6.07) is 45.0. The number of nitrogens with zero attached hydrogens (tertiary/aromatic N) is 2. The van der Waals surface area contributed by atoms with Gasteiger partial charge in [0.15, 0.2) is 5.65 Å². The molecule has 0 saturated carbocycles. The van der Waals surface area contributed by atoms with E-state index < -0.39 is 0 Å². The van der Waals surface area contributed by atoms with Gasteiger partial charge in [-0.3, -0.25) is 0 Å². The third-order valence-electron chi connectivity index (χ3n) is 8.31. The van der Waals surface area contributed by atoms with Crippen LogP contribution in [-0.2, 0) is 0 Å². The van der Waals surface area contributed by atoms with Gasteiger partial charge in [0, 0.05) is 39.0 Å². The maximum absolute atomic E-state index is 6.54. The number of pyridine rings is 2. The van der Waals surface area contributed by atoms with Crippen LogP contribution in [0, 0.1) is 0 Å². The molecule has 5 aromatic carbocycles. The Labute approximate surface area is 236 Å². The maximum Gasteiger partial charge on any atom is 0.159 e. The third-order valence-corrected chi connectivity index (χ3v) is 8.31. The molecule has 3 nitrogen and oxygen atoms in total. The molecule has 41 heavy (non-hydrogen) atoms. The molecule has 0 bridgehead atoms. The number of hydrogen-bond acceptors (Lipinski definition) is 3. The first-order chi connectivity index (χ1) is 20.3. The van der Waals surface area contributed by atoms with Gasteiger partial charge >= 0.3 is 0 Å². The van der Waals surface area contributed by atoms with Gasteiger partial charge in [-0.05, 0) is 57.6 Å². The molecule has 3 heteroatoms. The molecule has 0 N–H and O–H groups in total. The summed E-state index contributed by atoms with van der Waals surface area (Å²) in [5.41, 5.74) is 13.8. The van der Waals surface area contributed by atoms with Gasteiger partial charge in [-0.15, -0.1) is 0 Å². The summed E-state index contributed by atoms with van der Waals surface area (Å²) in [5.74, 6) is 0. The number of fused-ring (bicyclic) bond motifs is 12. The molecule has 0 unspecified atom stereocenters. The van der Waals surface area contributed by atoms with E-state index in [1.807, 2.05) is 24.4 Å². The Kier molecular flexibility index (Phi) is 4.61. The van der Waals surface area contributed by atoms with Gasteiger partial charge in [-0.25, -0.2) is 9.97 Å². The second kappa shape index (κ2) is 8.48. The molecular weight excluding hydrogens is 500 g/mol. The van der Waals surface area contributed by atoms with Gasteiger partial charge in [0.25, 0.3) is 0 Å². The van der Waals surface area contributed by atoms with Gasteiger partial charge in [0.1, 0.15) is 11.2 Å². The van der Waals surface area contributed by atoms with Crippen molar-refractivity contribution >= 4 is 33.0 Å². The number of aromatic nitrogens is 2. The highest BCUT2D eigenvalue weighted by molar-refractivity contribution is 6.13. The van der Waals surface area contributed by atoms with E-state index >= 15 is 0 Å². The molecule has 0 spiro atoms. The quantitative estimate of drug-likeness (QED) is 0.215. The van der Waals surface area contributed by atoms with Gasteiger partial charge < -0.3 is 4.42 Å². The lowest BCUT2D eigenvalue weighted by atomic mass is 9.79. The second-order valence-electron chi connectivity index (χ2n) is 10.5. The largest absolute Gasteiger partial charge is 0.455 e. The molecule has 3 aromatic heterocycles. The summed E-state index contributed by atoms with van der Waals surface area (Å²) >= 11 is 0. The van der Waals surface area contributed by atoms with E-state index in [1.54, 1.807) is 0 Å². The molecule has 0 fully saturated rings. The average molecular weight is 523 g/mol. The van der Waals surface area contributed by atoms with Crippen molar-refractivity contribution in [1.29, 1.82) is 0 Å². The third kappa shape index (κ3) is 3.20. The first-order valence-electron chi connectivity index (χ1n) is 13.8. The number of para-hydroxylation sites is 2. The van der Waals surface area contributed by atoms with Gasteiger partial charge in [0.2, 0.25) is 0 Å². The van der Waals surface area contributed by atoms with Gasteiger partial charge in [-0.1, -0.05) is 103 Å². The van der Waals surface area contributed by atoms with Crippen LogP contribution in [-0.4, -0.2) is 9.97 Å². The minimum atomic E-state index is 0.750. The molecule has 0 aliphatic heterocycles. The molecular formula is C38H22N2O. The van der Waals surface area contributed by atoms with Crippen molar-refractivity contribution in [3.8, 4) is 55.8 Å². The van der Waals surface area contributed by atoms with Crippen LogP contribution in [0.15, 0.2) is 138 Å². The smallest absolute Gasteiger partial charge is 0.159 e. The Hall–Kier alpha value is -5.54. The normalized spacial score (nSPS) is 11.9. The fourth-order valence-corrected chi connectivity index (χ4v) is 6.53. The predicted molar refractivity (Wildman–Crippen MR) is 168 cm³/mol. The van der Waals surface area contributed by atoms with E-state index in [4.69, 9.17) is 9.40 Å². The monoisotopic (exact) mass is 522 g/mol. The van der Waals surface area contributed by atoms with Crippen molar-refractivity contribution < 1.29 is 4.42 Å². The second-order valence-corrected chi connectivity index (χ2v) is 10.5. The first-order valence-corrected chi connectivity index (χ1v) is 13.8. The Morgan fingerprint density at radius 2 is 1.10 bits per heavy atom. The van der Waals surface area contributed by atoms with Gasteiger partial charge in [0.05, 0.1) is 5.69 Å². The fourth-order valence-electron chi connectivity index (χ4n) is 6.53. The van der Waals surface area contributed by atoms with E-state index in [-0.39, 0.29) is 0 Å². The molecule has 0 atom stereocenters. The molecule has 0 saturated heterocycles. The summed E-state index contributed by atoms with van der Waals surface area (Å²) in [5, 5.41) is 3.28. The molecule has 1 aliphatic rings. The standard InChI is InChI=1S/C38H22N2O/c1-3-14-27-24(11-1)25-12-2-4-15-30(25)36-33(22-23-10-9-21-39-38(23)40-36)29-17-7-16-28(35(27)29)32-19-8-18-31-26-13-5-6-20-34(26)41-37(31)32/h1-22H. The lowest BCUT2D eigenvalue weighted by Gasteiger charge is -2.24. The van der Waals surface area contributed by atoms with Crippen LogP contribution in [0.2, 0.25) is 0 Å². The minimum Gasteiger partial charge on any atom is -0.455 e. The number of furan rings is 1. The molecule has 0 radical (unpaired) electrons. The van der Waals surface area contributed by atoms with Crippen molar-refractivity contribution in [1.82, 2.24) is 9.97 Å². The van der Waals surface area contributed by atoms with E-state index in [1.165, 1.54) is 16.7 Å². The van der Waals surface area contributed by atoms with Crippen molar-refractivity contribution in [2.24, 2.45) is 0 Å². The Morgan fingerprint density at radius 1 is 0.463 bits per heavy atom. The predicted octanol–water partition coefficient (Wildman–Crippen LogP) is 10.2. The van der Waals surface area contributed by atoms with Crippen molar-refractivity contribution in [3.05, 3.63) is 134 Å². The molecule has 8 aromatic rings. The van der Waals surface area contributed by atoms with Crippen LogP contribution in [0.5, 0.6) is 0 Å².